The van der Waals surface area contributed by atoms with Gasteiger partial charge in [0.1, 0.15) is 0 Å². The van der Waals surface area contributed by atoms with Gasteiger partial charge >= 0.3 is 18.0 Å². The third-order valence-corrected chi connectivity index (χ3v) is 6.35. The van der Waals surface area contributed by atoms with Gasteiger partial charge < -0.3 is 29.6 Å². The van der Waals surface area contributed by atoms with Crippen LogP contribution in [0.4, 0.5) is 4.79 Å². The maximum atomic E-state index is 13.0. The van der Waals surface area contributed by atoms with Gasteiger partial charge in [-0.3, -0.25) is 4.79 Å². The average molecular weight is 530 g/mol. The van der Waals surface area contributed by atoms with Crippen molar-refractivity contribution in [2.75, 3.05) is 46.4 Å². The molecule has 192 valence electrons. The van der Waals surface area contributed by atoms with Crippen molar-refractivity contribution in [1.82, 2.24) is 14.7 Å². The number of ether oxygens (including phenoxy) is 1. The molecule has 1 unspecified atom stereocenters. The number of carboxylic acids is 2. The van der Waals surface area contributed by atoms with Crippen molar-refractivity contribution in [2.45, 2.75) is 25.3 Å². The number of carbonyl (C=O) groups is 4. The van der Waals surface area contributed by atoms with Gasteiger partial charge in [0.25, 0.3) is 0 Å². The minimum Gasteiger partial charge on any atom is -0.478 e. The maximum absolute atomic E-state index is 13.0. The smallest absolute Gasteiger partial charge is 0.409 e. The Labute approximate surface area is 213 Å². The Kier molecular flexibility index (Phi) is 11.3. The molecule has 1 aromatic carbocycles. The molecule has 2 N–H and O–H groups in total. The summed E-state index contributed by atoms with van der Waals surface area (Å²) in [5, 5.41) is 16.6. The molecule has 0 spiro atoms. The molecule has 35 heavy (non-hydrogen) atoms. The number of piperazine rings is 1. The van der Waals surface area contributed by atoms with Crippen LogP contribution in [-0.4, -0.2) is 101 Å². The first-order valence-corrected chi connectivity index (χ1v) is 11.8. The molecule has 2 heterocycles. The summed E-state index contributed by atoms with van der Waals surface area (Å²) in [6.07, 6.45) is 3.42. The van der Waals surface area contributed by atoms with E-state index >= 15 is 0 Å². The molecule has 0 aromatic heterocycles. The van der Waals surface area contributed by atoms with Gasteiger partial charge in [-0.25, -0.2) is 14.4 Å². The number of hydrogen-bond acceptors (Lipinski definition) is 6. The molecule has 3 rings (SSSR count). The van der Waals surface area contributed by atoms with Crippen molar-refractivity contribution in [2.24, 2.45) is 0 Å². The van der Waals surface area contributed by atoms with E-state index in [1.165, 1.54) is 20.0 Å². The van der Waals surface area contributed by atoms with Crippen molar-refractivity contribution in [1.29, 1.82) is 0 Å². The fourth-order valence-corrected chi connectivity index (χ4v) is 4.29. The highest BCUT2D eigenvalue weighted by atomic mass is 35.5. The van der Waals surface area contributed by atoms with Crippen molar-refractivity contribution < 1.29 is 34.1 Å². The van der Waals surface area contributed by atoms with E-state index in [9.17, 15) is 19.2 Å². The summed E-state index contributed by atoms with van der Waals surface area (Å²) in [5.74, 6) is -2.47. The molecule has 12 heteroatoms. The minimum atomic E-state index is -1.26. The molecular weight excluding hydrogens is 501 g/mol. The number of methoxy groups -OCH3 is 1. The molecule has 2 amide bonds. The molecule has 0 aliphatic carbocycles. The molecule has 1 atom stereocenters. The normalized spacial score (nSPS) is 18.2. The predicted molar refractivity (Wildman–Crippen MR) is 130 cm³/mol. The number of nitrogens with zero attached hydrogens (tertiary/aromatic N) is 3. The summed E-state index contributed by atoms with van der Waals surface area (Å²) in [4.78, 5) is 50.0. The number of amides is 2. The second-order valence-electron chi connectivity index (χ2n) is 8.10. The molecular formula is C23H29Cl2N3O7. The lowest BCUT2D eigenvalue weighted by Gasteiger charge is -2.42. The average Bonchev–Trinajstić information content (AvgIpc) is 3.33. The quantitative estimate of drug-likeness (QED) is 0.538. The predicted octanol–water partition coefficient (Wildman–Crippen LogP) is 2.62. The van der Waals surface area contributed by atoms with Crippen molar-refractivity contribution in [3.05, 3.63) is 46.0 Å². The number of likely N-dealkylation sites (tertiary alicyclic amines) is 1. The van der Waals surface area contributed by atoms with Gasteiger partial charge in [0.05, 0.1) is 29.6 Å². The van der Waals surface area contributed by atoms with Gasteiger partial charge in [-0.2, -0.15) is 0 Å². The van der Waals surface area contributed by atoms with Crippen LogP contribution in [-0.2, 0) is 25.5 Å². The van der Waals surface area contributed by atoms with E-state index in [-0.39, 0.29) is 24.5 Å². The highest BCUT2D eigenvalue weighted by Crippen LogP contribution is 2.24. The molecule has 10 nitrogen and oxygen atoms in total. The van der Waals surface area contributed by atoms with Gasteiger partial charge in [0.15, 0.2) is 0 Å². The Morgan fingerprint density at radius 2 is 1.63 bits per heavy atom. The summed E-state index contributed by atoms with van der Waals surface area (Å²) >= 11 is 12.0. The molecule has 0 saturated carbocycles. The monoisotopic (exact) mass is 529 g/mol. The highest BCUT2D eigenvalue weighted by molar-refractivity contribution is 6.42. The summed E-state index contributed by atoms with van der Waals surface area (Å²) in [6, 6.07) is 5.24. The van der Waals surface area contributed by atoms with Crippen LogP contribution in [0.2, 0.25) is 10.0 Å². The standard InChI is InChI=1S/C19H25Cl2N3O3.C4H4O4/c1-27-19(26)23-8-9-24(15(13-23)12-22-6-2-3-7-22)18(25)11-14-4-5-16(20)17(21)10-14;5-3(6)1-2-4(7)8/h4-5,10,15H,2-3,6-9,11-13H2,1H3;1-2H,(H,5,6)(H,7,8)/b;2-1+. The molecule has 2 aliphatic heterocycles. The Hall–Kier alpha value is -2.82. The second kappa shape index (κ2) is 13.9. The Morgan fingerprint density at radius 3 is 2.17 bits per heavy atom. The number of halogens is 2. The van der Waals surface area contributed by atoms with Crippen LogP contribution in [0, 0.1) is 0 Å². The summed E-state index contributed by atoms with van der Waals surface area (Å²) in [5.41, 5.74) is 0.838. The fraction of sp³-hybridized carbons (Fsp3) is 0.478. The zero-order valence-corrected chi connectivity index (χ0v) is 20.9. The lowest BCUT2D eigenvalue weighted by molar-refractivity contribution is -0.135. The van der Waals surface area contributed by atoms with E-state index in [1.807, 2.05) is 11.0 Å². The lowest BCUT2D eigenvalue weighted by Crippen LogP contribution is -2.59. The maximum Gasteiger partial charge on any atom is 0.409 e. The Balaban J connectivity index is 0.000000466. The molecule has 2 fully saturated rings. The number of carbonyl (C=O) groups excluding carboxylic acids is 2. The third kappa shape index (κ3) is 9.39. The highest BCUT2D eigenvalue weighted by Gasteiger charge is 2.34. The van der Waals surface area contributed by atoms with Crippen molar-refractivity contribution >= 4 is 47.1 Å². The van der Waals surface area contributed by atoms with Crippen LogP contribution in [0.5, 0.6) is 0 Å². The van der Waals surface area contributed by atoms with Crippen LogP contribution < -0.4 is 0 Å². The third-order valence-electron chi connectivity index (χ3n) is 5.61. The van der Waals surface area contributed by atoms with Crippen LogP contribution in [0.15, 0.2) is 30.4 Å². The number of hydrogen-bond donors (Lipinski definition) is 2. The van der Waals surface area contributed by atoms with Crippen LogP contribution in [0.1, 0.15) is 18.4 Å². The van der Waals surface area contributed by atoms with E-state index in [2.05, 4.69) is 4.90 Å². The molecule has 0 radical (unpaired) electrons. The number of aliphatic carboxylic acids is 2. The van der Waals surface area contributed by atoms with Gasteiger partial charge in [-0.1, -0.05) is 29.3 Å². The topological polar surface area (TPSA) is 128 Å². The molecule has 2 saturated heterocycles. The van der Waals surface area contributed by atoms with E-state index in [0.29, 0.717) is 41.8 Å². The number of rotatable bonds is 6. The van der Waals surface area contributed by atoms with Crippen molar-refractivity contribution in [3.8, 4) is 0 Å². The first-order valence-electron chi connectivity index (χ1n) is 11.0. The second-order valence-corrected chi connectivity index (χ2v) is 8.91. The molecule has 2 aliphatic rings. The van der Waals surface area contributed by atoms with E-state index in [0.717, 1.165) is 25.2 Å². The zero-order chi connectivity index (χ0) is 26.0. The van der Waals surface area contributed by atoms with Crippen LogP contribution in [0.3, 0.4) is 0 Å². The van der Waals surface area contributed by atoms with Crippen LogP contribution in [0.25, 0.3) is 0 Å². The SMILES string of the molecule is COC(=O)N1CCN(C(=O)Cc2ccc(Cl)c(Cl)c2)C(CN2CCCC2)C1.O=C(O)/C=C/C(=O)O. The first-order chi connectivity index (χ1) is 16.6. The van der Waals surface area contributed by atoms with E-state index in [4.69, 9.17) is 38.2 Å². The summed E-state index contributed by atoms with van der Waals surface area (Å²) in [6.45, 7) is 4.36. The zero-order valence-electron chi connectivity index (χ0n) is 19.4. The first kappa shape index (κ1) is 28.4. The largest absolute Gasteiger partial charge is 0.478 e. The van der Waals surface area contributed by atoms with E-state index in [1.54, 1.807) is 17.0 Å². The molecule has 0 bridgehead atoms. The number of benzene rings is 1. The van der Waals surface area contributed by atoms with Gasteiger partial charge in [0, 0.05) is 38.3 Å². The number of carboxylic acid groups (broad SMARTS) is 2. The summed E-state index contributed by atoms with van der Waals surface area (Å²) < 4.78 is 4.87. The minimum absolute atomic E-state index is 0.0359. The van der Waals surface area contributed by atoms with E-state index < -0.39 is 11.9 Å². The Morgan fingerprint density at radius 1 is 1.00 bits per heavy atom. The van der Waals surface area contributed by atoms with Crippen molar-refractivity contribution in [3.63, 3.8) is 0 Å². The van der Waals surface area contributed by atoms with Crippen LogP contribution >= 0.6 is 23.2 Å². The van der Waals surface area contributed by atoms with Gasteiger partial charge in [-0.15, -0.1) is 0 Å². The molecule has 1 aromatic rings. The lowest BCUT2D eigenvalue weighted by atomic mass is 10.1. The Bertz CT molecular complexity index is 935. The van der Waals surface area contributed by atoms with Gasteiger partial charge in [0.2, 0.25) is 5.91 Å². The fourth-order valence-electron chi connectivity index (χ4n) is 3.97. The van der Waals surface area contributed by atoms with Gasteiger partial charge in [-0.05, 0) is 43.6 Å². The summed E-state index contributed by atoms with van der Waals surface area (Å²) in [7, 11) is 1.39.